The molecule has 0 saturated carbocycles. The van der Waals surface area contributed by atoms with Gasteiger partial charge in [-0.25, -0.2) is 0 Å². The van der Waals surface area contributed by atoms with E-state index < -0.39 is 0 Å². The second-order valence-electron chi connectivity index (χ2n) is 6.91. The molecular weight excluding hydrogens is 370 g/mol. The van der Waals surface area contributed by atoms with Crippen molar-refractivity contribution in [2.45, 2.75) is 39.7 Å². The van der Waals surface area contributed by atoms with Crippen molar-refractivity contribution in [3.63, 3.8) is 0 Å². The molecule has 0 heterocycles. The van der Waals surface area contributed by atoms with Gasteiger partial charge in [-0.05, 0) is 51.5 Å². The number of nitrogens with one attached hydrogen (secondary N) is 1. The van der Waals surface area contributed by atoms with Gasteiger partial charge in [-0.1, -0.05) is 17.7 Å². The first-order chi connectivity index (χ1) is 13.8. The minimum Gasteiger partial charge on any atom is -0.496 e. The molecule has 1 unspecified atom stereocenters. The summed E-state index contributed by atoms with van der Waals surface area (Å²) in [5.74, 6) is 1.72. The van der Waals surface area contributed by atoms with Crippen LogP contribution < -0.4 is 19.5 Å². The highest BCUT2D eigenvalue weighted by Crippen LogP contribution is 2.29. The number of ether oxygens (including phenoxy) is 3. The Balaban J connectivity index is 1.85. The number of methoxy groups -OCH3 is 2. The van der Waals surface area contributed by atoms with Gasteiger partial charge in [0.2, 0.25) is 5.91 Å². The molecule has 0 aliphatic heterocycles. The maximum atomic E-state index is 12.3. The van der Waals surface area contributed by atoms with E-state index in [0.29, 0.717) is 36.5 Å². The van der Waals surface area contributed by atoms with Crippen LogP contribution in [-0.2, 0) is 4.79 Å². The highest BCUT2D eigenvalue weighted by atomic mass is 16.5. The van der Waals surface area contributed by atoms with Crippen LogP contribution in [0.1, 0.15) is 54.2 Å². The molecule has 1 atom stereocenters. The summed E-state index contributed by atoms with van der Waals surface area (Å²) in [6, 6.07) is 10.8. The zero-order valence-corrected chi connectivity index (χ0v) is 17.7. The van der Waals surface area contributed by atoms with Gasteiger partial charge in [0, 0.05) is 17.5 Å². The third-order valence-electron chi connectivity index (χ3n) is 4.61. The number of benzene rings is 2. The van der Waals surface area contributed by atoms with Crippen molar-refractivity contribution >= 4 is 11.7 Å². The molecule has 0 fully saturated rings. The minimum atomic E-state index is -0.155. The fourth-order valence-corrected chi connectivity index (χ4v) is 3.00. The molecule has 0 aliphatic rings. The smallest absolute Gasteiger partial charge is 0.220 e. The van der Waals surface area contributed by atoms with Crippen LogP contribution in [0.2, 0.25) is 0 Å². The quantitative estimate of drug-likeness (QED) is 0.478. The van der Waals surface area contributed by atoms with E-state index in [2.05, 4.69) is 5.32 Å². The first-order valence-electron chi connectivity index (χ1n) is 9.61. The predicted octanol–water partition coefficient (Wildman–Crippen LogP) is 4.25. The third kappa shape index (κ3) is 6.24. The maximum absolute atomic E-state index is 12.3. The third-order valence-corrected chi connectivity index (χ3v) is 4.61. The van der Waals surface area contributed by atoms with Gasteiger partial charge in [-0.15, -0.1) is 0 Å². The predicted molar refractivity (Wildman–Crippen MR) is 112 cm³/mol. The van der Waals surface area contributed by atoms with Gasteiger partial charge < -0.3 is 19.5 Å². The van der Waals surface area contributed by atoms with Crippen LogP contribution in [0.4, 0.5) is 0 Å². The maximum Gasteiger partial charge on any atom is 0.220 e. The number of Topliss-reactive ketones (excluding diaryl/α,β-unsaturated/α-hetero) is 1. The second-order valence-corrected chi connectivity index (χ2v) is 6.91. The molecule has 6 nitrogen and oxygen atoms in total. The summed E-state index contributed by atoms with van der Waals surface area (Å²) in [7, 11) is 3.15. The zero-order valence-electron chi connectivity index (χ0n) is 17.7. The van der Waals surface area contributed by atoms with E-state index in [1.165, 1.54) is 14.0 Å². The van der Waals surface area contributed by atoms with Crippen molar-refractivity contribution in [3.8, 4) is 17.2 Å². The Labute approximate surface area is 172 Å². The van der Waals surface area contributed by atoms with E-state index in [1.54, 1.807) is 25.3 Å². The number of carbonyl (C=O) groups is 2. The van der Waals surface area contributed by atoms with E-state index in [4.69, 9.17) is 14.2 Å². The van der Waals surface area contributed by atoms with Crippen molar-refractivity contribution < 1.29 is 23.8 Å². The molecule has 29 heavy (non-hydrogen) atoms. The van der Waals surface area contributed by atoms with E-state index in [1.807, 2.05) is 32.0 Å². The molecule has 156 valence electrons. The fraction of sp³-hybridized carbons (Fsp3) is 0.391. The minimum absolute atomic E-state index is 0.0362. The number of amides is 1. The molecule has 0 aliphatic carbocycles. The molecule has 0 bridgehead atoms. The lowest BCUT2D eigenvalue weighted by Gasteiger charge is -2.18. The lowest BCUT2D eigenvalue weighted by Crippen LogP contribution is -2.27. The Morgan fingerprint density at radius 2 is 1.69 bits per heavy atom. The lowest BCUT2D eigenvalue weighted by atomic mass is 10.0. The Kier molecular flexibility index (Phi) is 8.07. The SMILES string of the molecule is COc1cc(C(C)=O)ccc1OCCCC(=O)NC(C)c1cc(C)ccc1OC. The van der Waals surface area contributed by atoms with Crippen molar-refractivity contribution in [2.75, 3.05) is 20.8 Å². The van der Waals surface area contributed by atoms with Crippen LogP contribution in [-0.4, -0.2) is 32.5 Å². The average Bonchev–Trinajstić information content (AvgIpc) is 2.70. The summed E-state index contributed by atoms with van der Waals surface area (Å²) in [6.07, 6.45) is 0.896. The summed E-state index contributed by atoms with van der Waals surface area (Å²) in [5, 5.41) is 3.00. The van der Waals surface area contributed by atoms with Gasteiger partial charge in [0.25, 0.3) is 0 Å². The van der Waals surface area contributed by atoms with Gasteiger partial charge in [0.1, 0.15) is 5.75 Å². The molecule has 2 aromatic rings. The largest absolute Gasteiger partial charge is 0.496 e. The molecule has 1 N–H and O–H groups in total. The number of ketones is 1. The molecule has 2 rings (SSSR count). The van der Waals surface area contributed by atoms with Crippen molar-refractivity contribution in [1.29, 1.82) is 0 Å². The monoisotopic (exact) mass is 399 g/mol. The molecule has 1 amide bonds. The average molecular weight is 399 g/mol. The summed E-state index contributed by atoms with van der Waals surface area (Å²) in [4.78, 5) is 23.8. The molecular formula is C23H29NO5. The Bertz CT molecular complexity index is 862. The molecule has 0 saturated heterocycles. The van der Waals surface area contributed by atoms with Crippen molar-refractivity contribution in [2.24, 2.45) is 0 Å². The fourth-order valence-electron chi connectivity index (χ4n) is 3.00. The van der Waals surface area contributed by atoms with Crippen LogP contribution >= 0.6 is 0 Å². The van der Waals surface area contributed by atoms with Crippen LogP contribution in [0.25, 0.3) is 0 Å². The van der Waals surface area contributed by atoms with Gasteiger partial charge in [-0.2, -0.15) is 0 Å². The second kappa shape index (κ2) is 10.5. The first kappa shape index (κ1) is 22.3. The standard InChI is InChI=1S/C23H29NO5/c1-15-8-10-20(27-4)19(13-15)16(2)24-23(26)7-6-12-29-21-11-9-18(17(3)25)14-22(21)28-5/h8-11,13-14,16H,6-7,12H2,1-5H3,(H,24,26). The molecule has 6 heteroatoms. The van der Waals surface area contributed by atoms with Crippen molar-refractivity contribution in [3.05, 3.63) is 53.1 Å². The van der Waals surface area contributed by atoms with Crippen LogP contribution in [0.15, 0.2) is 36.4 Å². The van der Waals surface area contributed by atoms with Gasteiger partial charge in [0.05, 0.1) is 26.9 Å². The number of aryl methyl sites for hydroxylation is 1. The molecule has 0 aromatic heterocycles. The van der Waals surface area contributed by atoms with E-state index >= 15 is 0 Å². The van der Waals surface area contributed by atoms with E-state index in [-0.39, 0.29) is 17.7 Å². The van der Waals surface area contributed by atoms with E-state index in [0.717, 1.165) is 16.9 Å². The van der Waals surface area contributed by atoms with Crippen LogP contribution in [0, 0.1) is 6.92 Å². The Morgan fingerprint density at radius 1 is 1.00 bits per heavy atom. The van der Waals surface area contributed by atoms with Gasteiger partial charge in [0.15, 0.2) is 17.3 Å². The summed E-state index contributed by atoms with van der Waals surface area (Å²) in [5.41, 5.74) is 2.63. The summed E-state index contributed by atoms with van der Waals surface area (Å²) >= 11 is 0. The lowest BCUT2D eigenvalue weighted by molar-refractivity contribution is -0.121. The number of hydrogen-bond donors (Lipinski definition) is 1. The van der Waals surface area contributed by atoms with Crippen molar-refractivity contribution in [1.82, 2.24) is 5.32 Å². The van der Waals surface area contributed by atoms with Crippen LogP contribution in [0.3, 0.4) is 0 Å². The number of carbonyl (C=O) groups excluding carboxylic acids is 2. The number of rotatable bonds is 10. The number of hydrogen-bond acceptors (Lipinski definition) is 5. The highest BCUT2D eigenvalue weighted by molar-refractivity contribution is 5.94. The first-order valence-corrected chi connectivity index (χ1v) is 9.61. The zero-order chi connectivity index (χ0) is 21.4. The van der Waals surface area contributed by atoms with E-state index in [9.17, 15) is 9.59 Å². The van der Waals surface area contributed by atoms with Gasteiger partial charge >= 0.3 is 0 Å². The van der Waals surface area contributed by atoms with Gasteiger partial charge in [-0.3, -0.25) is 9.59 Å². The van der Waals surface area contributed by atoms with Crippen LogP contribution in [0.5, 0.6) is 17.2 Å². The molecule has 0 spiro atoms. The Morgan fingerprint density at radius 3 is 2.34 bits per heavy atom. The molecule has 0 radical (unpaired) electrons. The summed E-state index contributed by atoms with van der Waals surface area (Å²) < 4.78 is 16.4. The normalized spacial score (nSPS) is 11.5. The summed E-state index contributed by atoms with van der Waals surface area (Å²) in [6.45, 7) is 5.81. The molecule has 2 aromatic carbocycles. The Hall–Kier alpha value is -3.02. The topological polar surface area (TPSA) is 73.9 Å². The highest BCUT2D eigenvalue weighted by Gasteiger charge is 2.14.